The minimum atomic E-state index is -0.457. The Hall–Kier alpha value is -0.860. The van der Waals surface area contributed by atoms with Gasteiger partial charge in [0, 0.05) is 5.41 Å². The number of hydrogen-bond acceptors (Lipinski definition) is 2. The fourth-order valence-electron chi connectivity index (χ4n) is 4.58. The Morgan fingerprint density at radius 1 is 1.15 bits per heavy atom. The van der Waals surface area contributed by atoms with Gasteiger partial charge in [0.1, 0.15) is 0 Å². The van der Waals surface area contributed by atoms with E-state index in [1.165, 1.54) is 31.2 Å². The van der Waals surface area contributed by atoms with Gasteiger partial charge >= 0.3 is 0 Å². The molecule has 2 aliphatic rings. The minimum absolute atomic E-state index is 0.0425. The maximum absolute atomic E-state index is 9.99. The molecule has 3 rings (SSSR count). The second kappa shape index (κ2) is 5.50. The van der Waals surface area contributed by atoms with E-state index in [9.17, 15) is 10.2 Å². The summed E-state index contributed by atoms with van der Waals surface area (Å²) in [4.78, 5) is 0. The molecular formula is C18H26O2. The van der Waals surface area contributed by atoms with Gasteiger partial charge < -0.3 is 10.2 Å². The van der Waals surface area contributed by atoms with Gasteiger partial charge in [-0.3, -0.25) is 0 Å². The van der Waals surface area contributed by atoms with Crippen LogP contribution in [0.1, 0.15) is 43.2 Å². The zero-order valence-corrected chi connectivity index (χ0v) is 12.4. The van der Waals surface area contributed by atoms with E-state index in [4.69, 9.17) is 0 Å². The lowest BCUT2D eigenvalue weighted by Crippen LogP contribution is -2.38. The minimum Gasteiger partial charge on any atom is -0.395 e. The molecule has 0 saturated heterocycles. The number of aryl methyl sites for hydroxylation is 1. The van der Waals surface area contributed by atoms with Crippen molar-refractivity contribution in [3.63, 3.8) is 0 Å². The highest BCUT2D eigenvalue weighted by Gasteiger charge is 2.44. The summed E-state index contributed by atoms with van der Waals surface area (Å²) in [6.07, 6.45) is 6.38. The summed E-state index contributed by atoms with van der Waals surface area (Å²) < 4.78 is 0. The molecule has 0 amide bonds. The molecule has 0 radical (unpaired) electrons. The Morgan fingerprint density at radius 3 is 2.50 bits per heavy atom. The molecule has 0 aliphatic heterocycles. The number of rotatable bonds is 5. The lowest BCUT2D eigenvalue weighted by molar-refractivity contribution is 0.0847. The van der Waals surface area contributed by atoms with E-state index in [2.05, 4.69) is 25.1 Å². The van der Waals surface area contributed by atoms with Crippen molar-refractivity contribution < 1.29 is 10.2 Å². The van der Waals surface area contributed by atoms with Crippen LogP contribution in [-0.2, 0) is 5.41 Å². The van der Waals surface area contributed by atoms with Crippen molar-refractivity contribution in [1.82, 2.24) is 0 Å². The van der Waals surface area contributed by atoms with Gasteiger partial charge in [-0.15, -0.1) is 0 Å². The van der Waals surface area contributed by atoms with E-state index in [1.807, 2.05) is 6.07 Å². The predicted octanol–water partition coefficient (Wildman–Crippen LogP) is 3.04. The monoisotopic (exact) mass is 274 g/mol. The van der Waals surface area contributed by atoms with Crippen LogP contribution in [-0.4, -0.2) is 23.4 Å². The van der Waals surface area contributed by atoms with Crippen LogP contribution in [0.2, 0.25) is 0 Å². The summed E-state index contributed by atoms with van der Waals surface area (Å²) in [6, 6.07) is 8.29. The van der Waals surface area contributed by atoms with Gasteiger partial charge in [0.05, 0.1) is 13.2 Å². The van der Waals surface area contributed by atoms with Crippen molar-refractivity contribution in [3.05, 3.63) is 35.4 Å². The molecule has 2 heteroatoms. The van der Waals surface area contributed by atoms with Crippen LogP contribution in [0, 0.1) is 24.7 Å². The number of fused-ring (bicyclic) bond motifs is 2. The average Bonchev–Trinajstić information content (AvgIpc) is 3.07. The lowest BCUT2D eigenvalue weighted by atomic mass is 9.71. The Bertz CT molecular complexity index is 464. The highest BCUT2D eigenvalue weighted by Crippen LogP contribution is 2.52. The Labute approximate surface area is 121 Å². The summed E-state index contributed by atoms with van der Waals surface area (Å²) in [5.74, 6) is 2.44. The summed E-state index contributed by atoms with van der Waals surface area (Å²) in [5, 5.41) is 20.0. The summed E-state index contributed by atoms with van der Waals surface area (Å²) >= 11 is 0. The lowest BCUT2D eigenvalue weighted by Gasteiger charge is -2.36. The van der Waals surface area contributed by atoms with Gasteiger partial charge in [0.25, 0.3) is 0 Å². The molecule has 1 aromatic carbocycles. The normalized spacial score (nSPS) is 29.1. The third kappa shape index (κ3) is 2.40. The number of benzene rings is 1. The average molecular weight is 274 g/mol. The molecular weight excluding hydrogens is 248 g/mol. The zero-order chi connectivity index (χ0) is 14.2. The summed E-state index contributed by atoms with van der Waals surface area (Å²) in [5.41, 5.74) is 1.84. The standard InChI is InChI=1S/C18H26O2/c1-13-3-2-4-17(7-13)18(11-19,12-20)10-16-9-14-5-6-15(16)8-14/h2-4,7,14-16,19-20H,5-6,8-12H2,1H3. The molecule has 3 unspecified atom stereocenters. The fraction of sp³-hybridized carbons (Fsp3) is 0.667. The molecule has 0 heterocycles. The zero-order valence-electron chi connectivity index (χ0n) is 12.4. The van der Waals surface area contributed by atoms with Crippen LogP contribution in [0.4, 0.5) is 0 Å². The molecule has 1 aromatic rings. The molecule has 2 N–H and O–H groups in total. The molecule has 2 aliphatic carbocycles. The first-order valence-electron chi connectivity index (χ1n) is 7.96. The maximum Gasteiger partial charge on any atom is 0.0550 e. The Morgan fingerprint density at radius 2 is 1.95 bits per heavy atom. The highest BCUT2D eigenvalue weighted by molar-refractivity contribution is 5.30. The van der Waals surface area contributed by atoms with E-state index < -0.39 is 5.41 Å². The van der Waals surface area contributed by atoms with Crippen molar-refractivity contribution in [2.75, 3.05) is 13.2 Å². The van der Waals surface area contributed by atoms with E-state index in [1.54, 1.807) is 0 Å². The molecule has 3 atom stereocenters. The molecule has 110 valence electrons. The third-order valence-electron chi connectivity index (χ3n) is 5.77. The van der Waals surface area contributed by atoms with Crippen LogP contribution in [0.3, 0.4) is 0 Å². The number of aliphatic hydroxyl groups is 2. The predicted molar refractivity (Wildman–Crippen MR) is 80.6 cm³/mol. The summed E-state index contributed by atoms with van der Waals surface area (Å²) in [6.45, 7) is 2.15. The van der Waals surface area contributed by atoms with Crippen LogP contribution < -0.4 is 0 Å². The molecule has 0 spiro atoms. The third-order valence-corrected chi connectivity index (χ3v) is 5.77. The van der Waals surface area contributed by atoms with Gasteiger partial charge in [-0.05, 0) is 55.9 Å². The first-order valence-corrected chi connectivity index (χ1v) is 7.96. The fourth-order valence-corrected chi connectivity index (χ4v) is 4.58. The second-order valence-electron chi connectivity index (χ2n) is 7.11. The second-order valence-corrected chi connectivity index (χ2v) is 7.11. The first kappa shape index (κ1) is 14.1. The van der Waals surface area contributed by atoms with E-state index in [0.717, 1.165) is 23.8 Å². The number of hydrogen-bond donors (Lipinski definition) is 2. The van der Waals surface area contributed by atoms with Gasteiger partial charge in [0.2, 0.25) is 0 Å². The van der Waals surface area contributed by atoms with E-state index in [0.29, 0.717) is 5.92 Å². The SMILES string of the molecule is Cc1cccc(C(CO)(CO)CC2CC3CCC2C3)c1. The van der Waals surface area contributed by atoms with E-state index >= 15 is 0 Å². The van der Waals surface area contributed by atoms with Gasteiger partial charge in [0.15, 0.2) is 0 Å². The maximum atomic E-state index is 9.99. The Balaban J connectivity index is 1.84. The summed E-state index contributed by atoms with van der Waals surface area (Å²) in [7, 11) is 0. The molecule has 2 bridgehead atoms. The van der Waals surface area contributed by atoms with Crippen molar-refractivity contribution >= 4 is 0 Å². The highest BCUT2D eigenvalue weighted by atomic mass is 16.3. The van der Waals surface area contributed by atoms with Gasteiger partial charge in [-0.1, -0.05) is 36.2 Å². The van der Waals surface area contributed by atoms with Crippen LogP contribution >= 0.6 is 0 Å². The molecule has 0 aromatic heterocycles. The van der Waals surface area contributed by atoms with Gasteiger partial charge in [-0.25, -0.2) is 0 Å². The quantitative estimate of drug-likeness (QED) is 0.866. The van der Waals surface area contributed by atoms with Crippen molar-refractivity contribution in [1.29, 1.82) is 0 Å². The topological polar surface area (TPSA) is 40.5 Å². The van der Waals surface area contributed by atoms with Crippen LogP contribution in [0.5, 0.6) is 0 Å². The van der Waals surface area contributed by atoms with Crippen LogP contribution in [0.25, 0.3) is 0 Å². The van der Waals surface area contributed by atoms with Gasteiger partial charge in [-0.2, -0.15) is 0 Å². The molecule has 20 heavy (non-hydrogen) atoms. The molecule has 2 nitrogen and oxygen atoms in total. The molecule has 2 saturated carbocycles. The first-order chi connectivity index (χ1) is 9.66. The van der Waals surface area contributed by atoms with Crippen molar-refractivity contribution in [2.45, 2.75) is 44.4 Å². The van der Waals surface area contributed by atoms with Crippen LogP contribution in [0.15, 0.2) is 24.3 Å². The van der Waals surface area contributed by atoms with E-state index in [-0.39, 0.29) is 13.2 Å². The van der Waals surface area contributed by atoms with Crippen molar-refractivity contribution in [2.24, 2.45) is 17.8 Å². The molecule has 2 fully saturated rings. The Kier molecular flexibility index (Phi) is 3.87. The van der Waals surface area contributed by atoms with Crippen molar-refractivity contribution in [3.8, 4) is 0 Å². The largest absolute Gasteiger partial charge is 0.395 e. The smallest absolute Gasteiger partial charge is 0.0550 e. The number of aliphatic hydroxyl groups excluding tert-OH is 2.